The lowest BCUT2D eigenvalue weighted by atomic mass is 10.1. The highest BCUT2D eigenvalue weighted by Crippen LogP contribution is 2.18. The monoisotopic (exact) mass is 774 g/mol. The van der Waals surface area contributed by atoms with E-state index < -0.39 is 122 Å². The summed E-state index contributed by atoms with van der Waals surface area (Å²) >= 11 is 4.03. The third-order valence-electron chi connectivity index (χ3n) is 7.76. The largest absolute Gasteiger partial charge is 0.481 e. The van der Waals surface area contributed by atoms with E-state index in [1.54, 1.807) is 0 Å². The molecule has 23 heteroatoms. The van der Waals surface area contributed by atoms with E-state index in [1.807, 2.05) is 0 Å². The first-order chi connectivity index (χ1) is 25.0. The molecule has 0 radical (unpaired) electrons. The van der Waals surface area contributed by atoms with E-state index in [0.29, 0.717) is 32.2 Å². The number of nitrogens with two attached hydrogens (primary N) is 2. The molecule has 53 heavy (non-hydrogen) atoms. The standard InChI is InChI=1S/C30H50N10O12S/c1-16(37-28(49)19(15-53)38-23(43)13-33-21(41)12-36-27(48)17(32)5-2-3-9-31)26(47)35-11-22(42)34-14-24(44)40-10-4-6-20(40)29(50)39-18(30(51)52)7-8-25(45)46/h16-20,53H,2-15,31-32H2,1H3,(H,33,41)(H,34,42)(H,35,47)(H,36,48)(H,37,49)(H,38,43)(H,39,50)(H,45,46)(H,51,52)/t16-,17-,18-,19-,20-/m0/s1. The van der Waals surface area contributed by atoms with Gasteiger partial charge in [0.25, 0.3) is 0 Å². The van der Waals surface area contributed by atoms with Gasteiger partial charge in [-0.3, -0.25) is 43.2 Å². The molecule has 0 aliphatic carbocycles. The third kappa shape index (κ3) is 17.8. The number of hydrogen-bond donors (Lipinski definition) is 12. The van der Waals surface area contributed by atoms with E-state index in [2.05, 4.69) is 49.8 Å². The zero-order chi connectivity index (χ0) is 40.1. The molecule has 1 rings (SSSR count). The molecule has 13 N–H and O–H groups in total. The molecule has 8 amide bonds. The molecule has 0 bridgehead atoms. The van der Waals surface area contributed by atoms with E-state index in [1.165, 1.54) is 6.92 Å². The second-order valence-corrected chi connectivity index (χ2v) is 12.4. The highest BCUT2D eigenvalue weighted by Gasteiger charge is 2.36. The van der Waals surface area contributed by atoms with E-state index in [0.717, 1.165) is 4.90 Å². The number of thiol groups is 1. The average molecular weight is 775 g/mol. The van der Waals surface area contributed by atoms with Crippen molar-refractivity contribution in [2.45, 2.75) is 82.1 Å². The Morgan fingerprint density at radius 3 is 1.94 bits per heavy atom. The molecule has 1 heterocycles. The molecule has 1 aliphatic rings. The first kappa shape index (κ1) is 46.0. The Hall–Kier alpha value is -5.03. The topological polar surface area (TPSA) is 351 Å². The number of likely N-dealkylation sites (tertiary alicyclic amines) is 1. The minimum Gasteiger partial charge on any atom is -0.481 e. The van der Waals surface area contributed by atoms with Crippen LogP contribution in [0.1, 0.15) is 51.9 Å². The summed E-state index contributed by atoms with van der Waals surface area (Å²) in [6, 6.07) is -5.71. The summed E-state index contributed by atoms with van der Waals surface area (Å²) in [5.74, 6) is -8.62. The van der Waals surface area contributed by atoms with E-state index in [4.69, 9.17) is 16.6 Å². The number of carbonyl (C=O) groups excluding carboxylic acids is 8. The Morgan fingerprint density at radius 2 is 1.36 bits per heavy atom. The first-order valence-electron chi connectivity index (χ1n) is 16.8. The number of carboxylic acids is 2. The van der Waals surface area contributed by atoms with Crippen LogP contribution in [0.3, 0.4) is 0 Å². The molecule has 1 fully saturated rings. The van der Waals surface area contributed by atoms with E-state index in [-0.39, 0.29) is 25.1 Å². The highest BCUT2D eigenvalue weighted by molar-refractivity contribution is 7.80. The molecule has 0 aromatic rings. The zero-order valence-electron chi connectivity index (χ0n) is 29.3. The number of carbonyl (C=O) groups is 10. The van der Waals surface area contributed by atoms with Gasteiger partial charge in [-0.15, -0.1) is 0 Å². The van der Waals surface area contributed by atoms with Gasteiger partial charge in [0.15, 0.2) is 0 Å². The van der Waals surface area contributed by atoms with Crippen molar-refractivity contribution in [2.24, 2.45) is 11.5 Å². The number of nitrogens with one attached hydrogen (secondary N) is 7. The fraction of sp³-hybridized carbons (Fsp3) is 0.667. The molecule has 0 aromatic heterocycles. The van der Waals surface area contributed by atoms with Crippen molar-refractivity contribution in [1.82, 2.24) is 42.1 Å². The summed E-state index contributed by atoms with van der Waals surface area (Å²) in [7, 11) is 0. The second-order valence-electron chi connectivity index (χ2n) is 12.0. The van der Waals surface area contributed by atoms with E-state index >= 15 is 0 Å². The summed E-state index contributed by atoms with van der Waals surface area (Å²) < 4.78 is 0. The van der Waals surface area contributed by atoms with Gasteiger partial charge in [-0.05, 0) is 45.6 Å². The second kappa shape index (κ2) is 24.3. The first-order valence-corrected chi connectivity index (χ1v) is 17.4. The Bertz CT molecular complexity index is 1350. The Balaban J connectivity index is 2.46. The normalized spacial score (nSPS) is 15.8. The van der Waals surface area contributed by atoms with Gasteiger partial charge in [-0.2, -0.15) is 12.6 Å². The summed E-state index contributed by atoms with van der Waals surface area (Å²) in [4.78, 5) is 123. The van der Waals surface area contributed by atoms with Crippen molar-refractivity contribution in [3.8, 4) is 0 Å². The van der Waals surface area contributed by atoms with Crippen LogP contribution in [0.2, 0.25) is 0 Å². The van der Waals surface area contributed by atoms with E-state index in [9.17, 15) is 53.1 Å². The molecule has 0 saturated carbocycles. The lowest BCUT2D eigenvalue weighted by molar-refractivity contribution is -0.144. The van der Waals surface area contributed by atoms with Crippen LogP contribution in [0.4, 0.5) is 0 Å². The minimum absolute atomic E-state index is 0.155. The maximum absolute atomic E-state index is 12.7. The molecular formula is C30H50N10O12S. The van der Waals surface area contributed by atoms with Gasteiger partial charge in [-0.25, -0.2) is 4.79 Å². The summed E-state index contributed by atoms with van der Waals surface area (Å²) in [6.07, 6.45) is 1.54. The summed E-state index contributed by atoms with van der Waals surface area (Å²) in [5, 5.41) is 34.3. The number of carboxylic acid groups (broad SMARTS) is 2. The number of aliphatic carboxylic acids is 2. The molecule has 22 nitrogen and oxygen atoms in total. The van der Waals surface area contributed by atoms with Crippen molar-refractivity contribution in [1.29, 1.82) is 0 Å². The van der Waals surface area contributed by atoms with Gasteiger partial charge in [0.2, 0.25) is 47.3 Å². The lowest BCUT2D eigenvalue weighted by Gasteiger charge is -2.25. The lowest BCUT2D eigenvalue weighted by Crippen LogP contribution is -2.55. The number of rotatable bonds is 24. The summed E-state index contributed by atoms with van der Waals surface area (Å²) in [5.41, 5.74) is 11.1. The van der Waals surface area contributed by atoms with Crippen molar-refractivity contribution in [2.75, 3.05) is 45.0 Å². The van der Waals surface area contributed by atoms with Crippen molar-refractivity contribution < 1.29 is 58.2 Å². The van der Waals surface area contributed by atoms with Crippen LogP contribution >= 0.6 is 12.6 Å². The number of hydrogen-bond acceptors (Lipinski definition) is 13. The van der Waals surface area contributed by atoms with Crippen LogP contribution < -0.4 is 48.7 Å². The predicted molar refractivity (Wildman–Crippen MR) is 187 cm³/mol. The highest BCUT2D eigenvalue weighted by atomic mass is 32.1. The minimum atomic E-state index is -1.47. The third-order valence-corrected chi connectivity index (χ3v) is 8.12. The van der Waals surface area contributed by atoms with Gasteiger partial charge in [-0.1, -0.05) is 6.42 Å². The van der Waals surface area contributed by atoms with Gasteiger partial charge in [0.1, 0.15) is 24.2 Å². The Labute approximate surface area is 310 Å². The van der Waals surface area contributed by atoms with Crippen molar-refractivity contribution >= 4 is 71.8 Å². The van der Waals surface area contributed by atoms with Crippen LogP contribution in [0, 0.1) is 0 Å². The van der Waals surface area contributed by atoms with Gasteiger partial charge in [0, 0.05) is 18.7 Å². The fourth-order valence-electron chi connectivity index (χ4n) is 4.79. The van der Waals surface area contributed by atoms with Crippen LogP contribution in [0.5, 0.6) is 0 Å². The number of unbranched alkanes of at least 4 members (excludes halogenated alkanes) is 1. The molecule has 5 atom stereocenters. The summed E-state index contributed by atoms with van der Waals surface area (Å²) in [6.45, 7) is -0.176. The van der Waals surface area contributed by atoms with Crippen LogP contribution in [-0.2, 0) is 47.9 Å². The number of nitrogens with zero attached hydrogens (tertiary/aromatic N) is 1. The quantitative estimate of drug-likeness (QED) is 0.0321. The van der Waals surface area contributed by atoms with Gasteiger partial charge >= 0.3 is 11.9 Å². The van der Waals surface area contributed by atoms with Gasteiger partial charge < -0.3 is 63.8 Å². The van der Waals surface area contributed by atoms with Crippen LogP contribution in [0.25, 0.3) is 0 Å². The Kier molecular flexibility index (Phi) is 21.0. The predicted octanol–water partition coefficient (Wildman–Crippen LogP) is -5.75. The molecule has 1 aliphatic heterocycles. The number of amides is 8. The Morgan fingerprint density at radius 1 is 0.755 bits per heavy atom. The fourth-order valence-corrected chi connectivity index (χ4v) is 5.05. The molecule has 0 aromatic carbocycles. The maximum Gasteiger partial charge on any atom is 0.326 e. The zero-order valence-corrected chi connectivity index (χ0v) is 30.2. The maximum atomic E-state index is 12.7. The van der Waals surface area contributed by atoms with Gasteiger partial charge in [0.05, 0.1) is 32.2 Å². The van der Waals surface area contributed by atoms with Crippen LogP contribution in [0.15, 0.2) is 0 Å². The molecule has 0 unspecified atom stereocenters. The van der Waals surface area contributed by atoms with Crippen LogP contribution in [-0.4, -0.2) is 150 Å². The molecular weight excluding hydrogens is 724 g/mol. The van der Waals surface area contributed by atoms with Crippen molar-refractivity contribution in [3.63, 3.8) is 0 Å². The molecule has 298 valence electrons. The SMILES string of the molecule is C[C@H](NC(=O)[C@H](CS)NC(=O)CNC(=O)CNC(=O)[C@@H](N)CCCCN)C(=O)NCC(=O)NCC(=O)N1CCC[C@H]1C(=O)N[C@@H](CCC(=O)O)C(=O)O. The molecule has 0 spiro atoms. The van der Waals surface area contributed by atoms with Crippen molar-refractivity contribution in [3.05, 3.63) is 0 Å². The molecule has 1 saturated heterocycles. The average Bonchev–Trinajstić information content (AvgIpc) is 3.61. The smallest absolute Gasteiger partial charge is 0.326 e.